The van der Waals surface area contributed by atoms with Gasteiger partial charge in [0.2, 0.25) is 0 Å². The van der Waals surface area contributed by atoms with E-state index < -0.39 is 0 Å². The summed E-state index contributed by atoms with van der Waals surface area (Å²) in [6.07, 6.45) is 13.4. The van der Waals surface area contributed by atoms with Crippen LogP contribution in [0.25, 0.3) is 0 Å². The molecule has 1 heteroatoms. The number of rotatable bonds is 3. The van der Waals surface area contributed by atoms with E-state index in [1.165, 1.54) is 37.7 Å². The first kappa shape index (κ1) is 10.2. The molecule has 1 aliphatic rings. The van der Waals surface area contributed by atoms with Crippen LogP contribution in [-0.4, -0.2) is 6.29 Å². The average Bonchev–Trinajstić information content (AvgIpc) is 2.16. The van der Waals surface area contributed by atoms with Gasteiger partial charge in [0.15, 0.2) is 0 Å². The van der Waals surface area contributed by atoms with Gasteiger partial charge >= 0.3 is 0 Å². The molecule has 0 amide bonds. The Labute approximate surface area is 80.5 Å². The van der Waals surface area contributed by atoms with Crippen LogP contribution in [0.3, 0.4) is 0 Å². The van der Waals surface area contributed by atoms with Crippen LogP contribution in [0.5, 0.6) is 0 Å². The summed E-state index contributed by atoms with van der Waals surface area (Å²) in [5.74, 6) is 0.755. The second-order valence-corrected chi connectivity index (χ2v) is 3.80. The number of carbonyl (C=O) groups is 1. The number of hydrogen-bond donors (Lipinski definition) is 0. The van der Waals surface area contributed by atoms with Gasteiger partial charge in [-0.2, -0.15) is 0 Å². The zero-order valence-corrected chi connectivity index (χ0v) is 8.33. The lowest BCUT2D eigenvalue weighted by Gasteiger charge is -2.18. The number of hydrogen-bond acceptors (Lipinski definition) is 1. The fourth-order valence-corrected chi connectivity index (χ4v) is 1.92. The van der Waals surface area contributed by atoms with Crippen LogP contribution in [0.4, 0.5) is 0 Å². The Morgan fingerprint density at radius 3 is 2.54 bits per heavy atom. The third-order valence-corrected chi connectivity index (χ3v) is 2.59. The Morgan fingerprint density at radius 2 is 1.92 bits per heavy atom. The minimum absolute atomic E-state index is 0.755. The molecular weight excluding hydrogens is 160 g/mol. The molecule has 0 unspecified atom stereocenters. The normalized spacial score (nSPS) is 20.8. The number of aldehydes is 1. The van der Waals surface area contributed by atoms with E-state index in [1.807, 2.05) is 6.08 Å². The molecule has 0 aliphatic heterocycles. The van der Waals surface area contributed by atoms with Crippen molar-refractivity contribution in [1.29, 1.82) is 0 Å². The van der Waals surface area contributed by atoms with Crippen molar-refractivity contribution in [2.45, 2.75) is 39.0 Å². The van der Waals surface area contributed by atoms with Gasteiger partial charge in [0.1, 0.15) is 6.29 Å². The summed E-state index contributed by atoms with van der Waals surface area (Å²) < 4.78 is 0. The fraction of sp³-hybridized carbons (Fsp3) is 0.583. The first-order valence-corrected chi connectivity index (χ1v) is 5.13. The van der Waals surface area contributed by atoms with Crippen molar-refractivity contribution in [2.24, 2.45) is 5.92 Å². The predicted octanol–water partition coefficient (Wildman–Crippen LogP) is 3.27. The molecule has 1 nitrogen and oxygen atoms in total. The summed E-state index contributed by atoms with van der Waals surface area (Å²) in [6, 6.07) is 0. The second-order valence-electron chi connectivity index (χ2n) is 3.80. The maximum Gasteiger partial charge on any atom is 0.142 e. The largest absolute Gasteiger partial charge is 0.299 e. The second kappa shape index (κ2) is 5.74. The maximum atomic E-state index is 10.1. The van der Waals surface area contributed by atoms with Crippen LogP contribution in [0.1, 0.15) is 39.0 Å². The summed E-state index contributed by atoms with van der Waals surface area (Å²) in [7, 11) is 0. The molecule has 1 fully saturated rings. The molecule has 0 spiro atoms. The van der Waals surface area contributed by atoms with Crippen molar-refractivity contribution in [3.8, 4) is 0 Å². The topological polar surface area (TPSA) is 17.1 Å². The van der Waals surface area contributed by atoms with Crippen LogP contribution in [0, 0.1) is 5.92 Å². The van der Waals surface area contributed by atoms with Crippen LogP contribution >= 0.6 is 0 Å². The molecule has 0 radical (unpaired) electrons. The van der Waals surface area contributed by atoms with E-state index in [-0.39, 0.29) is 0 Å². The van der Waals surface area contributed by atoms with E-state index in [0.717, 1.165) is 12.2 Å². The summed E-state index contributed by atoms with van der Waals surface area (Å²) >= 11 is 0. The van der Waals surface area contributed by atoms with Crippen molar-refractivity contribution in [3.05, 3.63) is 23.8 Å². The highest BCUT2D eigenvalue weighted by atomic mass is 16.1. The summed E-state index contributed by atoms with van der Waals surface area (Å²) in [5.41, 5.74) is 1.22. The summed E-state index contributed by atoms with van der Waals surface area (Å²) in [5, 5.41) is 0. The van der Waals surface area contributed by atoms with Gasteiger partial charge in [0.25, 0.3) is 0 Å². The molecule has 0 aromatic rings. The molecule has 0 N–H and O–H groups in total. The SMILES string of the molecule is CC(/C=C/C=O)=C\C1CCCCC1. The molecule has 0 atom stereocenters. The highest BCUT2D eigenvalue weighted by molar-refractivity contribution is 5.65. The van der Waals surface area contributed by atoms with Crippen LogP contribution in [0.2, 0.25) is 0 Å². The lowest BCUT2D eigenvalue weighted by molar-refractivity contribution is -0.104. The molecule has 72 valence electrons. The minimum atomic E-state index is 0.755. The zero-order valence-electron chi connectivity index (χ0n) is 8.33. The summed E-state index contributed by atoms with van der Waals surface area (Å²) in [6.45, 7) is 2.06. The number of allylic oxidation sites excluding steroid dienone is 4. The number of carbonyl (C=O) groups excluding carboxylic acids is 1. The standard InChI is InChI=1S/C12H18O/c1-11(6-5-9-13)10-12-7-3-2-4-8-12/h5-6,9-10,12H,2-4,7-8H2,1H3/b6-5+,11-10+. The Balaban J connectivity index is 2.42. The van der Waals surface area contributed by atoms with Gasteiger partial charge in [-0.15, -0.1) is 0 Å². The predicted molar refractivity (Wildman–Crippen MR) is 55.5 cm³/mol. The highest BCUT2D eigenvalue weighted by Gasteiger charge is 2.09. The first-order valence-electron chi connectivity index (χ1n) is 5.13. The molecule has 0 saturated heterocycles. The third-order valence-electron chi connectivity index (χ3n) is 2.59. The summed E-state index contributed by atoms with van der Waals surface area (Å²) in [4.78, 5) is 10.1. The molecular formula is C12H18O. The molecule has 0 aromatic carbocycles. The molecule has 1 aliphatic carbocycles. The van der Waals surface area contributed by atoms with E-state index >= 15 is 0 Å². The Kier molecular flexibility index (Phi) is 4.52. The lowest BCUT2D eigenvalue weighted by Crippen LogP contribution is -2.03. The van der Waals surface area contributed by atoms with Gasteiger partial charge in [-0.25, -0.2) is 0 Å². The monoisotopic (exact) mass is 178 g/mol. The van der Waals surface area contributed by atoms with Crippen LogP contribution in [0.15, 0.2) is 23.8 Å². The smallest absolute Gasteiger partial charge is 0.142 e. The molecule has 0 heterocycles. The van der Waals surface area contributed by atoms with Crippen molar-refractivity contribution in [1.82, 2.24) is 0 Å². The van der Waals surface area contributed by atoms with Gasteiger partial charge in [-0.3, -0.25) is 4.79 Å². The molecule has 1 rings (SSSR count). The van der Waals surface area contributed by atoms with Gasteiger partial charge in [0, 0.05) is 0 Å². The van der Waals surface area contributed by atoms with Gasteiger partial charge in [-0.05, 0) is 31.8 Å². The maximum absolute atomic E-state index is 10.1. The van der Waals surface area contributed by atoms with E-state index in [2.05, 4.69) is 13.0 Å². The van der Waals surface area contributed by atoms with Crippen LogP contribution < -0.4 is 0 Å². The highest BCUT2D eigenvalue weighted by Crippen LogP contribution is 2.25. The van der Waals surface area contributed by atoms with Crippen molar-refractivity contribution >= 4 is 6.29 Å². The Bertz CT molecular complexity index is 207. The van der Waals surface area contributed by atoms with E-state index in [1.54, 1.807) is 6.08 Å². The average molecular weight is 178 g/mol. The van der Waals surface area contributed by atoms with Crippen molar-refractivity contribution < 1.29 is 4.79 Å². The third kappa shape index (κ3) is 4.07. The zero-order chi connectivity index (χ0) is 9.52. The fourth-order valence-electron chi connectivity index (χ4n) is 1.92. The minimum Gasteiger partial charge on any atom is -0.299 e. The molecule has 13 heavy (non-hydrogen) atoms. The van der Waals surface area contributed by atoms with Gasteiger partial charge in [-0.1, -0.05) is 37.0 Å². The molecule has 0 aromatic heterocycles. The van der Waals surface area contributed by atoms with Gasteiger partial charge in [0.05, 0.1) is 0 Å². The molecule has 0 bridgehead atoms. The van der Waals surface area contributed by atoms with E-state index in [9.17, 15) is 4.79 Å². The van der Waals surface area contributed by atoms with Crippen molar-refractivity contribution in [2.75, 3.05) is 0 Å². The first-order chi connectivity index (χ1) is 6.33. The molecule has 1 saturated carbocycles. The van der Waals surface area contributed by atoms with Gasteiger partial charge < -0.3 is 0 Å². The quantitative estimate of drug-likeness (QED) is 0.368. The Morgan fingerprint density at radius 1 is 1.23 bits per heavy atom. The van der Waals surface area contributed by atoms with E-state index in [4.69, 9.17) is 0 Å². The lowest BCUT2D eigenvalue weighted by atomic mass is 9.88. The van der Waals surface area contributed by atoms with Crippen LogP contribution in [-0.2, 0) is 4.79 Å². The Hall–Kier alpha value is -0.850. The van der Waals surface area contributed by atoms with Crippen molar-refractivity contribution in [3.63, 3.8) is 0 Å². The van der Waals surface area contributed by atoms with E-state index in [0.29, 0.717) is 0 Å².